The average Bonchev–Trinajstić information content (AvgIpc) is 3.04. The van der Waals surface area contributed by atoms with E-state index in [9.17, 15) is 9.59 Å². The van der Waals surface area contributed by atoms with Crippen molar-refractivity contribution >= 4 is 27.5 Å². The lowest BCUT2D eigenvalue weighted by atomic mass is 9.54. The van der Waals surface area contributed by atoms with Gasteiger partial charge < -0.3 is 5.32 Å². The number of aromatic nitrogens is 2. The van der Waals surface area contributed by atoms with Crippen LogP contribution in [-0.4, -0.2) is 21.5 Å². The van der Waals surface area contributed by atoms with Crippen LogP contribution in [0.1, 0.15) is 55.9 Å². The third-order valence-corrected chi connectivity index (χ3v) is 9.31. The smallest absolute Gasteiger partial charge is 0.262 e. The number of hydrogen-bond donors (Lipinski definition) is 1. The van der Waals surface area contributed by atoms with E-state index in [1.54, 1.807) is 17.7 Å². The normalized spacial score (nSPS) is 35.1. The van der Waals surface area contributed by atoms with Gasteiger partial charge in [-0.05, 0) is 86.5 Å². The molecule has 2 aromatic heterocycles. The Morgan fingerprint density at radius 3 is 2.66 bits per heavy atom. The molecule has 5 aliphatic rings. The summed E-state index contributed by atoms with van der Waals surface area (Å²) in [6.07, 6.45) is 11.2. The third kappa shape index (κ3) is 2.97. The minimum absolute atomic E-state index is 0.0246. The van der Waals surface area contributed by atoms with Gasteiger partial charge in [-0.3, -0.25) is 14.2 Å². The molecule has 1 N–H and O–H groups in total. The molecule has 154 valence electrons. The van der Waals surface area contributed by atoms with Gasteiger partial charge >= 0.3 is 0 Å². The maximum Gasteiger partial charge on any atom is 0.262 e. The summed E-state index contributed by atoms with van der Waals surface area (Å²) in [5.74, 6) is 3.74. The van der Waals surface area contributed by atoms with Crippen molar-refractivity contribution in [1.82, 2.24) is 14.9 Å². The van der Waals surface area contributed by atoms with Crippen LogP contribution in [0.25, 0.3) is 10.2 Å². The molecule has 0 aliphatic heterocycles. The van der Waals surface area contributed by atoms with Crippen LogP contribution in [-0.2, 0) is 24.2 Å². The SMILES string of the molecule is C[C@H]1CCc2c(sc3ncn(CC(=O)NC4C5CC6CC(C5)CC4C6)c(=O)c23)C1. The molecule has 0 aromatic carbocycles. The van der Waals surface area contributed by atoms with E-state index in [0.29, 0.717) is 23.8 Å². The monoisotopic (exact) mass is 411 g/mol. The van der Waals surface area contributed by atoms with Gasteiger partial charge in [-0.1, -0.05) is 6.92 Å². The van der Waals surface area contributed by atoms with Crippen LogP contribution >= 0.6 is 11.3 Å². The number of carbonyl (C=O) groups excluding carboxylic acids is 1. The Labute approximate surface area is 174 Å². The maximum atomic E-state index is 13.2. The van der Waals surface area contributed by atoms with E-state index >= 15 is 0 Å². The number of rotatable bonds is 3. The first-order chi connectivity index (χ1) is 14.0. The molecule has 2 heterocycles. The van der Waals surface area contributed by atoms with Gasteiger partial charge in [0.25, 0.3) is 5.56 Å². The lowest BCUT2D eigenvalue weighted by Gasteiger charge is -2.54. The highest BCUT2D eigenvalue weighted by Gasteiger charge is 2.48. The molecule has 1 amide bonds. The number of fused-ring (bicyclic) bond motifs is 3. The first-order valence-corrected chi connectivity index (χ1v) is 12.2. The standard InChI is InChI=1S/C23H29N3O2S/c1-12-2-3-17-18(4-12)29-22-20(17)23(28)26(11-24-22)10-19(27)25-21-15-6-13-5-14(8-15)9-16(21)7-13/h11-16,21H,2-10H2,1H3,(H,25,27)/t12-,13?,14?,15?,16?,21?/m0/s1. The van der Waals surface area contributed by atoms with Crippen molar-refractivity contribution in [2.24, 2.45) is 29.6 Å². The molecular formula is C23H29N3O2S. The molecule has 5 aliphatic carbocycles. The number of aryl methyl sites for hydroxylation is 1. The molecule has 0 unspecified atom stereocenters. The first kappa shape index (κ1) is 18.1. The van der Waals surface area contributed by atoms with Crippen LogP contribution in [0.2, 0.25) is 0 Å². The van der Waals surface area contributed by atoms with Gasteiger partial charge in [-0.2, -0.15) is 0 Å². The van der Waals surface area contributed by atoms with Crippen molar-refractivity contribution in [2.45, 2.75) is 70.9 Å². The van der Waals surface area contributed by atoms with Gasteiger partial charge in [-0.25, -0.2) is 4.98 Å². The second kappa shape index (κ2) is 6.66. The summed E-state index contributed by atoms with van der Waals surface area (Å²) in [4.78, 5) is 32.7. The van der Waals surface area contributed by atoms with Crippen molar-refractivity contribution < 1.29 is 4.79 Å². The van der Waals surface area contributed by atoms with E-state index in [-0.39, 0.29) is 18.0 Å². The van der Waals surface area contributed by atoms with Crippen LogP contribution in [0, 0.1) is 29.6 Å². The quantitative estimate of drug-likeness (QED) is 0.840. The van der Waals surface area contributed by atoms with Crippen molar-refractivity contribution in [3.05, 3.63) is 27.1 Å². The van der Waals surface area contributed by atoms with Gasteiger partial charge in [0.05, 0.1) is 11.7 Å². The minimum atomic E-state index is -0.0396. The fourth-order valence-corrected chi connectivity index (χ4v) is 8.37. The Hall–Kier alpha value is -1.69. The molecule has 4 saturated carbocycles. The van der Waals surface area contributed by atoms with E-state index in [1.165, 1.54) is 47.1 Å². The second-order valence-corrected chi connectivity index (χ2v) is 11.3. The van der Waals surface area contributed by atoms with Crippen molar-refractivity contribution in [2.75, 3.05) is 0 Å². The second-order valence-electron chi connectivity index (χ2n) is 10.2. The Morgan fingerprint density at radius 2 is 1.93 bits per heavy atom. The molecule has 29 heavy (non-hydrogen) atoms. The Bertz CT molecular complexity index is 1010. The molecule has 4 bridgehead atoms. The number of nitrogens with zero attached hydrogens (tertiary/aromatic N) is 2. The molecule has 7 rings (SSSR count). The summed E-state index contributed by atoms with van der Waals surface area (Å²) in [7, 11) is 0. The number of amides is 1. The topological polar surface area (TPSA) is 64.0 Å². The highest BCUT2D eigenvalue weighted by atomic mass is 32.1. The Kier molecular flexibility index (Phi) is 4.16. The zero-order chi connectivity index (χ0) is 19.7. The summed E-state index contributed by atoms with van der Waals surface area (Å²) >= 11 is 1.66. The molecule has 5 nitrogen and oxygen atoms in total. The lowest BCUT2D eigenvalue weighted by molar-refractivity contribution is -0.125. The van der Waals surface area contributed by atoms with Crippen molar-refractivity contribution in [3.8, 4) is 0 Å². The van der Waals surface area contributed by atoms with Crippen LogP contribution in [0.15, 0.2) is 11.1 Å². The van der Waals surface area contributed by atoms with E-state index in [4.69, 9.17) is 0 Å². The summed E-state index contributed by atoms with van der Waals surface area (Å²) in [5, 5.41) is 4.09. The number of carbonyl (C=O) groups is 1. The van der Waals surface area contributed by atoms with Crippen LogP contribution in [0.4, 0.5) is 0 Å². The number of nitrogens with one attached hydrogen (secondary N) is 1. The molecule has 0 spiro atoms. The van der Waals surface area contributed by atoms with Crippen molar-refractivity contribution in [1.29, 1.82) is 0 Å². The average molecular weight is 412 g/mol. The highest BCUT2D eigenvalue weighted by Crippen LogP contribution is 2.53. The molecule has 0 radical (unpaired) electrons. The first-order valence-electron chi connectivity index (χ1n) is 11.3. The van der Waals surface area contributed by atoms with Crippen LogP contribution < -0.4 is 10.9 Å². The van der Waals surface area contributed by atoms with Crippen molar-refractivity contribution in [3.63, 3.8) is 0 Å². The summed E-state index contributed by atoms with van der Waals surface area (Å²) in [6.45, 7) is 2.36. The minimum Gasteiger partial charge on any atom is -0.351 e. The van der Waals surface area contributed by atoms with E-state index in [0.717, 1.165) is 41.3 Å². The van der Waals surface area contributed by atoms with Gasteiger partial charge in [0.1, 0.15) is 11.4 Å². The van der Waals surface area contributed by atoms with Gasteiger partial charge in [0.2, 0.25) is 5.91 Å². The van der Waals surface area contributed by atoms with E-state index in [2.05, 4.69) is 17.2 Å². The van der Waals surface area contributed by atoms with Crippen LogP contribution in [0.3, 0.4) is 0 Å². The summed E-state index contributed by atoms with van der Waals surface area (Å²) < 4.78 is 1.53. The predicted molar refractivity (Wildman–Crippen MR) is 114 cm³/mol. The largest absolute Gasteiger partial charge is 0.351 e. The molecule has 0 saturated heterocycles. The van der Waals surface area contributed by atoms with E-state index < -0.39 is 0 Å². The fourth-order valence-electron chi connectivity index (χ4n) is 7.03. The molecular weight excluding hydrogens is 382 g/mol. The molecule has 2 aromatic rings. The fraction of sp³-hybridized carbons (Fsp3) is 0.696. The van der Waals surface area contributed by atoms with Gasteiger partial charge in [0.15, 0.2) is 0 Å². The maximum absolute atomic E-state index is 13.2. The molecule has 6 heteroatoms. The predicted octanol–water partition coefficient (Wildman–Crippen LogP) is 3.52. The van der Waals surface area contributed by atoms with E-state index in [1.807, 2.05) is 0 Å². The Morgan fingerprint density at radius 1 is 1.21 bits per heavy atom. The summed E-state index contributed by atoms with van der Waals surface area (Å²) in [5.41, 5.74) is 1.15. The number of thiophene rings is 1. The third-order valence-electron chi connectivity index (χ3n) is 8.15. The van der Waals surface area contributed by atoms with Gasteiger partial charge in [-0.15, -0.1) is 11.3 Å². The van der Waals surface area contributed by atoms with Crippen LogP contribution in [0.5, 0.6) is 0 Å². The zero-order valence-corrected chi connectivity index (χ0v) is 17.8. The molecule has 4 fully saturated rings. The highest BCUT2D eigenvalue weighted by molar-refractivity contribution is 7.18. The number of hydrogen-bond acceptors (Lipinski definition) is 4. The molecule has 1 atom stereocenters. The van der Waals surface area contributed by atoms with Gasteiger partial charge in [0, 0.05) is 10.9 Å². The Balaban J connectivity index is 1.23. The zero-order valence-electron chi connectivity index (χ0n) is 17.0. The lowest BCUT2D eigenvalue weighted by Crippen LogP contribution is -2.56. The summed E-state index contributed by atoms with van der Waals surface area (Å²) in [6, 6.07) is 0.318.